The van der Waals surface area contributed by atoms with Crippen LogP contribution in [0.1, 0.15) is 11.4 Å². The number of aromatic nitrogens is 2. The molecule has 20 heavy (non-hydrogen) atoms. The van der Waals surface area contributed by atoms with Crippen LogP contribution < -0.4 is 4.90 Å². The number of dihydropyridines is 1. The lowest BCUT2D eigenvalue weighted by Crippen LogP contribution is -2.27. The zero-order valence-corrected chi connectivity index (χ0v) is 13.0. The fourth-order valence-electron chi connectivity index (χ4n) is 1.51. The number of hydrogen-bond acceptors (Lipinski definition) is 7. The third kappa shape index (κ3) is 3.80. The molecule has 2 heterocycles. The summed E-state index contributed by atoms with van der Waals surface area (Å²) in [5.74, 6) is 0.782. The van der Waals surface area contributed by atoms with Gasteiger partial charge in [-0.2, -0.15) is 11.8 Å². The van der Waals surface area contributed by atoms with E-state index in [1.165, 1.54) is 16.2 Å². The average molecular weight is 312 g/mol. The van der Waals surface area contributed by atoms with Crippen molar-refractivity contribution in [3.8, 4) is 0 Å². The van der Waals surface area contributed by atoms with E-state index in [9.17, 15) is 4.79 Å². The Morgan fingerprint density at radius 2 is 2.40 bits per heavy atom. The smallest absolute Gasteiger partial charge is 0.415 e. The van der Waals surface area contributed by atoms with E-state index in [1.807, 2.05) is 6.26 Å². The number of carbonyl (C=O) groups excluding carboxylic acids is 1. The van der Waals surface area contributed by atoms with Crippen LogP contribution in [0.2, 0.25) is 0 Å². The van der Waals surface area contributed by atoms with E-state index < -0.39 is 6.09 Å². The monoisotopic (exact) mass is 312 g/mol. The number of hydrogen-bond donors (Lipinski definition) is 0. The fraction of sp³-hybridized carbons (Fsp3) is 0.500. The number of aliphatic imine (C=N–C) groups is 1. The highest BCUT2D eigenvalue weighted by molar-refractivity contribution is 7.98. The SMILES string of the molecule is CSCCOC(=O)N(C)c1nnc(C2=CCCN=C2)s1. The van der Waals surface area contributed by atoms with E-state index in [2.05, 4.69) is 21.3 Å². The first-order chi connectivity index (χ1) is 9.72. The lowest BCUT2D eigenvalue weighted by Gasteiger charge is -2.12. The van der Waals surface area contributed by atoms with Gasteiger partial charge in [0, 0.05) is 31.1 Å². The molecule has 1 amide bonds. The Hall–Kier alpha value is -1.41. The van der Waals surface area contributed by atoms with Crippen LogP contribution in [0.4, 0.5) is 9.93 Å². The Morgan fingerprint density at radius 3 is 3.10 bits per heavy atom. The van der Waals surface area contributed by atoms with Gasteiger partial charge in [-0.05, 0) is 12.7 Å². The highest BCUT2D eigenvalue weighted by atomic mass is 32.2. The number of carbonyl (C=O) groups is 1. The molecule has 108 valence electrons. The molecule has 0 saturated carbocycles. The summed E-state index contributed by atoms with van der Waals surface area (Å²) >= 11 is 2.98. The van der Waals surface area contributed by atoms with E-state index in [4.69, 9.17) is 4.74 Å². The highest BCUT2D eigenvalue weighted by Crippen LogP contribution is 2.25. The molecule has 1 aliphatic heterocycles. The van der Waals surface area contributed by atoms with Crippen molar-refractivity contribution >= 4 is 46.1 Å². The minimum Gasteiger partial charge on any atom is -0.448 e. The van der Waals surface area contributed by atoms with Crippen molar-refractivity contribution in [2.45, 2.75) is 6.42 Å². The second-order valence-corrected chi connectivity index (χ2v) is 5.98. The van der Waals surface area contributed by atoms with Crippen molar-refractivity contribution in [2.24, 2.45) is 4.99 Å². The van der Waals surface area contributed by atoms with Crippen molar-refractivity contribution in [1.29, 1.82) is 0 Å². The molecule has 1 aromatic rings. The second-order valence-electron chi connectivity index (χ2n) is 4.04. The number of thioether (sulfide) groups is 1. The molecule has 2 rings (SSSR count). The summed E-state index contributed by atoms with van der Waals surface area (Å²) in [5, 5.41) is 9.41. The Morgan fingerprint density at radius 1 is 1.55 bits per heavy atom. The molecule has 0 N–H and O–H groups in total. The van der Waals surface area contributed by atoms with Gasteiger partial charge in [-0.1, -0.05) is 17.4 Å². The predicted molar refractivity (Wildman–Crippen MR) is 84.0 cm³/mol. The van der Waals surface area contributed by atoms with Gasteiger partial charge in [-0.3, -0.25) is 9.89 Å². The van der Waals surface area contributed by atoms with E-state index >= 15 is 0 Å². The van der Waals surface area contributed by atoms with Gasteiger partial charge in [-0.15, -0.1) is 10.2 Å². The average Bonchev–Trinajstić information content (AvgIpc) is 2.97. The molecule has 0 bridgehead atoms. The molecule has 6 nitrogen and oxygen atoms in total. The van der Waals surface area contributed by atoms with Crippen molar-refractivity contribution in [3.05, 3.63) is 11.1 Å². The van der Waals surface area contributed by atoms with Crippen LogP contribution in [0.5, 0.6) is 0 Å². The van der Waals surface area contributed by atoms with Crippen LogP contribution in [-0.4, -0.2) is 54.7 Å². The Labute approximate surface area is 125 Å². The van der Waals surface area contributed by atoms with Gasteiger partial charge in [0.25, 0.3) is 0 Å². The summed E-state index contributed by atoms with van der Waals surface area (Å²) in [7, 11) is 1.63. The third-order valence-electron chi connectivity index (χ3n) is 2.59. The number of allylic oxidation sites excluding steroid dienone is 1. The first-order valence-corrected chi connectivity index (χ1v) is 8.36. The maximum Gasteiger partial charge on any atom is 0.415 e. The molecular formula is C12H16N4O2S2. The third-order valence-corrected chi connectivity index (χ3v) is 4.21. The Bertz CT molecular complexity index is 527. The van der Waals surface area contributed by atoms with Crippen LogP contribution in [0, 0.1) is 0 Å². The predicted octanol–water partition coefficient (Wildman–Crippen LogP) is 2.33. The highest BCUT2D eigenvalue weighted by Gasteiger charge is 2.18. The van der Waals surface area contributed by atoms with Crippen molar-refractivity contribution in [3.63, 3.8) is 0 Å². The first kappa shape index (κ1) is 15.0. The standard InChI is InChI=1S/C12H16N4O2S2/c1-16(12(17)18-6-7-19-2)11-15-14-10(20-11)9-4-3-5-13-8-9/h4,8H,3,5-7H2,1-2H3. The molecular weight excluding hydrogens is 296 g/mol. The molecule has 0 atom stereocenters. The van der Waals surface area contributed by atoms with E-state index in [1.54, 1.807) is 25.0 Å². The number of nitrogens with zero attached hydrogens (tertiary/aromatic N) is 4. The van der Waals surface area contributed by atoms with Crippen LogP contribution in [0.3, 0.4) is 0 Å². The maximum absolute atomic E-state index is 11.8. The lowest BCUT2D eigenvalue weighted by atomic mass is 10.2. The van der Waals surface area contributed by atoms with Gasteiger partial charge in [-0.25, -0.2) is 4.79 Å². The number of anilines is 1. The summed E-state index contributed by atoms with van der Waals surface area (Å²) in [6.07, 6.45) is 6.34. The van der Waals surface area contributed by atoms with Crippen LogP contribution >= 0.6 is 23.1 Å². The summed E-state index contributed by atoms with van der Waals surface area (Å²) < 4.78 is 5.12. The zero-order chi connectivity index (χ0) is 14.4. The zero-order valence-electron chi connectivity index (χ0n) is 11.4. The number of amides is 1. The quantitative estimate of drug-likeness (QED) is 0.781. The van der Waals surface area contributed by atoms with E-state index in [-0.39, 0.29) is 0 Å². The minimum absolute atomic E-state index is 0.397. The van der Waals surface area contributed by atoms with Gasteiger partial charge in [0.2, 0.25) is 5.13 Å². The van der Waals surface area contributed by atoms with Crippen molar-refractivity contribution in [1.82, 2.24) is 10.2 Å². The summed E-state index contributed by atoms with van der Waals surface area (Å²) in [6, 6.07) is 0. The van der Waals surface area contributed by atoms with E-state index in [0.29, 0.717) is 11.7 Å². The fourth-order valence-corrected chi connectivity index (χ4v) is 2.56. The normalized spacial score (nSPS) is 14.0. The van der Waals surface area contributed by atoms with E-state index in [0.717, 1.165) is 29.3 Å². The maximum atomic E-state index is 11.8. The van der Waals surface area contributed by atoms with Gasteiger partial charge in [0.15, 0.2) is 5.01 Å². The van der Waals surface area contributed by atoms with Crippen LogP contribution in [0.15, 0.2) is 11.1 Å². The molecule has 0 aliphatic carbocycles. The molecule has 1 aliphatic rings. The van der Waals surface area contributed by atoms with Crippen molar-refractivity contribution in [2.75, 3.05) is 37.1 Å². The summed E-state index contributed by atoms with van der Waals surface area (Å²) in [5.41, 5.74) is 0.962. The van der Waals surface area contributed by atoms with Gasteiger partial charge in [0.05, 0.1) is 0 Å². The molecule has 0 radical (unpaired) electrons. The summed E-state index contributed by atoms with van der Waals surface area (Å²) in [6.45, 7) is 1.21. The second kappa shape index (κ2) is 7.39. The summed E-state index contributed by atoms with van der Waals surface area (Å²) in [4.78, 5) is 17.4. The largest absolute Gasteiger partial charge is 0.448 e. The van der Waals surface area contributed by atoms with Crippen LogP contribution in [0.25, 0.3) is 5.57 Å². The Kier molecular flexibility index (Phi) is 5.54. The van der Waals surface area contributed by atoms with Crippen molar-refractivity contribution < 1.29 is 9.53 Å². The topological polar surface area (TPSA) is 67.7 Å². The number of ether oxygens (including phenoxy) is 1. The van der Waals surface area contributed by atoms with Crippen LogP contribution in [-0.2, 0) is 4.74 Å². The molecule has 8 heteroatoms. The molecule has 0 fully saturated rings. The van der Waals surface area contributed by atoms with Gasteiger partial charge < -0.3 is 4.74 Å². The van der Waals surface area contributed by atoms with Gasteiger partial charge in [0.1, 0.15) is 6.61 Å². The first-order valence-electron chi connectivity index (χ1n) is 6.15. The lowest BCUT2D eigenvalue weighted by molar-refractivity contribution is 0.162. The molecule has 0 unspecified atom stereocenters. The Balaban J connectivity index is 1.99. The minimum atomic E-state index is -0.409. The molecule has 0 saturated heterocycles. The van der Waals surface area contributed by atoms with Gasteiger partial charge >= 0.3 is 6.09 Å². The molecule has 1 aromatic heterocycles. The number of rotatable bonds is 5. The molecule has 0 spiro atoms. The molecule has 0 aromatic carbocycles.